The minimum absolute atomic E-state index is 0.0599. The molecule has 0 aromatic carbocycles. The van der Waals surface area contributed by atoms with E-state index in [0.29, 0.717) is 11.6 Å². The van der Waals surface area contributed by atoms with Gasteiger partial charge in [0.15, 0.2) is 5.65 Å². The standard InChI is InChI=1S/C6H9N5O2/c7-6-8-3-5-10(6)4-9-11(5)13-2-1-12/h3-4,12H,1-2H2,(H2,7,8). The zero-order valence-electron chi connectivity index (χ0n) is 6.79. The van der Waals surface area contributed by atoms with Crippen molar-refractivity contribution in [3.05, 3.63) is 12.5 Å². The SMILES string of the molecule is Nc1ncc2n(OCCO)ncn12. The first-order valence-electron chi connectivity index (χ1n) is 3.73. The Bertz CT molecular complexity index is 406. The number of nitrogens with two attached hydrogens (primary N) is 1. The molecule has 0 saturated carbocycles. The van der Waals surface area contributed by atoms with Crippen LogP contribution < -0.4 is 10.6 Å². The van der Waals surface area contributed by atoms with Crippen LogP contribution in [0.3, 0.4) is 0 Å². The Balaban J connectivity index is 2.35. The second-order valence-electron chi connectivity index (χ2n) is 2.41. The minimum Gasteiger partial charge on any atom is -0.393 e. The monoisotopic (exact) mass is 183 g/mol. The summed E-state index contributed by atoms with van der Waals surface area (Å²) in [5.74, 6) is 0.355. The van der Waals surface area contributed by atoms with E-state index in [1.807, 2.05) is 0 Å². The maximum Gasteiger partial charge on any atom is 0.207 e. The van der Waals surface area contributed by atoms with Gasteiger partial charge in [0, 0.05) is 0 Å². The van der Waals surface area contributed by atoms with Crippen LogP contribution in [-0.4, -0.2) is 37.6 Å². The van der Waals surface area contributed by atoms with E-state index in [1.165, 1.54) is 11.2 Å². The fraction of sp³-hybridized carbons (Fsp3) is 0.333. The highest BCUT2D eigenvalue weighted by Crippen LogP contribution is 2.05. The molecule has 7 nitrogen and oxygen atoms in total. The molecule has 2 aromatic heterocycles. The zero-order valence-corrected chi connectivity index (χ0v) is 6.79. The molecule has 0 atom stereocenters. The molecule has 70 valence electrons. The van der Waals surface area contributed by atoms with E-state index in [1.54, 1.807) is 10.6 Å². The lowest BCUT2D eigenvalue weighted by atomic mass is 10.8. The van der Waals surface area contributed by atoms with E-state index in [0.717, 1.165) is 0 Å². The van der Waals surface area contributed by atoms with Crippen molar-refractivity contribution in [2.45, 2.75) is 0 Å². The van der Waals surface area contributed by atoms with Crippen LogP contribution in [0.25, 0.3) is 5.65 Å². The van der Waals surface area contributed by atoms with Gasteiger partial charge in [-0.15, -0.1) is 5.10 Å². The van der Waals surface area contributed by atoms with Gasteiger partial charge in [-0.05, 0) is 0 Å². The van der Waals surface area contributed by atoms with Gasteiger partial charge in [0.1, 0.15) is 12.9 Å². The molecule has 2 aromatic rings. The number of aliphatic hydroxyl groups is 1. The molecule has 3 N–H and O–H groups in total. The lowest BCUT2D eigenvalue weighted by molar-refractivity contribution is 0.0612. The maximum absolute atomic E-state index is 8.53. The summed E-state index contributed by atoms with van der Waals surface area (Å²) in [6.07, 6.45) is 3.04. The lowest BCUT2D eigenvalue weighted by Gasteiger charge is -2.00. The van der Waals surface area contributed by atoms with Crippen molar-refractivity contribution in [1.29, 1.82) is 0 Å². The molecule has 0 amide bonds. The van der Waals surface area contributed by atoms with Crippen molar-refractivity contribution in [2.24, 2.45) is 0 Å². The van der Waals surface area contributed by atoms with Crippen molar-refractivity contribution in [3.63, 3.8) is 0 Å². The number of anilines is 1. The van der Waals surface area contributed by atoms with Crippen molar-refractivity contribution >= 4 is 11.6 Å². The number of nitrogens with zero attached hydrogens (tertiary/aromatic N) is 4. The van der Waals surface area contributed by atoms with Crippen LogP contribution in [0.4, 0.5) is 5.95 Å². The highest BCUT2D eigenvalue weighted by molar-refractivity contribution is 5.42. The van der Waals surface area contributed by atoms with E-state index in [4.69, 9.17) is 15.7 Å². The fourth-order valence-corrected chi connectivity index (χ4v) is 1.01. The molecule has 2 rings (SSSR count). The summed E-state index contributed by atoms with van der Waals surface area (Å²) >= 11 is 0. The van der Waals surface area contributed by atoms with E-state index in [-0.39, 0.29) is 13.2 Å². The van der Waals surface area contributed by atoms with Crippen LogP contribution in [0, 0.1) is 0 Å². The predicted molar refractivity (Wildman–Crippen MR) is 43.9 cm³/mol. The van der Waals surface area contributed by atoms with Gasteiger partial charge in [-0.1, -0.05) is 4.85 Å². The third-order valence-corrected chi connectivity index (χ3v) is 1.58. The Morgan fingerprint density at radius 2 is 2.46 bits per heavy atom. The quantitative estimate of drug-likeness (QED) is 0.606. The highest BCUT2D eigenvalue weighted by atomic mass is 16.7. The average molecular weight is 183 g/mol. The summed E-state index contributed by atoms with van der Waals surface area (Å²) in [6, 6.07) is 0. The summed E-state index contributed by atoms with van der Waals surface area (Å²) in [7, 11) is 0. The summed E-state index contributed by atoms with van der Waals surface area (Å²) in [5.41, 5.74) is 6.14. The molecule has 2 heterocycles. The smallest absolute Gasteiger partial charge is 0.207 e. The molecule has 0 bridgehead atoms. The number of hydrogen-bond donors (Lipinski definition) is 2. The molecule has 0 aliphatic heterocycles. The Kier molecular flexibility index (Phi) is 1.78. The first kappa shape index (κ1) is 7.87. The van der Waals surface area contributed by atoms with Gasteiger partial charge in [0.05, 0.1) is 12.8 Å². The van der Waals surface area contributed by atoms with E-state index in [2.05, 4.69) is 10.1 Å². The molecule has 0 spiro atoms. The molecular weight excluding hydrogens is 174 g/mol. The van der Waals surface area contributed by atoms with Gasteiger partial charge in [-0.25, -0.2) is 9.38 Å². The van der Waals surface area contributed by atoms with Crippen molar-refractivity contribution in [3.8, 4) is 0 Å². The van der Waals surface area contributed by atoms with Crippen LogP contribution >= 0.6 is 0 Å². The largest absolute Gasteiger partial charge is 0.393 e. The van der Waals surface area contributed by atoms with Crippen LogP contribution in [0.1, 0.15) is 0 Å². The maximum atomic E-state index is 8.53. The molecule has 0 aliphatic rings. The van der Waals surface area contributed by atoms with Gasteiger partial charge in [0.2, 0.25) is 5.95 Å². The van der Waals surface area contributed by atoms with Gasteiger partial charge in [0.25, 0.3) is 0 Å². The normalized spacial score (nSPS) is 10.8. The van der Waals surface area contributed by atoms with Crippen molar-refractivity contribution in [1.82, 2.24) is 19.3 Å². The van der Waals surface area contributed by atoms with Gasteiger partial charge < -0.3 is 15.7 Å². The summed E-state index contributed by atoms with van der Waals surface area (Å²) in [6.45, 7) is 0.123. The number of nitrogen functional groups attached to an aromatic ring is 1. The Hall–Kier alpha value is -1.76. The van der Waals surface area contributed by atoms with Gasteiger partial charge in [-0.2, -0.15) is 0 Å². The van der Waals surface area contributed by atoms with Crippen LogP contribution in [0.2, 0.25) is 0 Å². The Morgan fingerprint density at radius 1 is 1.62 bits per heavy atom. The highest BCUT2D eigenvalue weighted by Gasteiger charge is 2.06. The van der Waals surface area contributed by atoms with Gasteiger partial charge in [-0.3, -0.25) is 0 Å². The second kappa shape index (κ2) is 2.94. The van der Waals surface area contributed by atoms with E-state index < -0.39 is 0 Å². The molecular formula is C6H9N5O2. The van der Waals surface area contributed by atoms with E-state index >= 15 is 0 Å². The van der Waals surface area contributed by atoms with Crippen LogP contribution in [0.5, 0.6) is 0 Å². The van der Waals surface area contributed by atoms with Crippen LogP contribution in [0.15, 0.2) is 12.5 Å². The Morgan fingerprint density at radius 3 is 3.23 bits per heavy atom. The number of fused-ring (bicyclic) bond motifs is 1. The number of rotatable bonds is 3. The topological polar surface area (TPSA) is 90.6 Å². The Labute approximate surface area is 73.3 Å². The first-order valence-corrected chi connectivity index (χ1v) is 3.73. The third-order valence-electron chi connectivity index (χ3n) is 1.58. The number of aromatic nitrogens is 4. The van der Waals surface area contributed by atoms with E-state index in [9.17, 15) is 0 Å². The molecule has 7 heteroatoms. The molecule has 0 unspecified atom stereocenters. The molecule has 0 fully saturated rings. The average Bonchev–Trinajstić information content (AvgIpc) is 2.67. The summed E-state index contributed by atoms with van der Waals surface area (Å²) < 4.78 is 1.58. The molecule has 0 saturated heterocycles. The van der Waals surface area contributed by atoms with Gasteiger partial charge >= 0.3 is 0 Å². The number of hydrogen-bond acceptors (Lipinski definition) is 5. The summed E-state index contributed by atoms with van der Waals surface area (Å²) in [5, 5.41) is 12.4. The number of imidazole rings is 1. The summed E-state index contributed by atoms with van der Waals surface area (Å²) in [4.78, 5) is 10.2. The molecule has 0 aliphatic carbocycles. The van der Waals surface area contributed by atoms with Crippen molar-refractivity contribution < 1.29 is 9.94 Å². The van der Waals surface area contributed by atoms with Crippen molar-refractivity contribution in [2.75, 3.05) is 18.9 Å². The van der Waals surface area contributed by atoms with Crippen LogP contribution in [-0.2, 0) is 0 Å². The third kappa shape index (κ3) is 1.18. The fourth-order valence-electron chi connectivity index (χ4n) is 1.01. The zero-order chi connectivity index (χ0) is 9.26. The molecule has 13 heavy (non-hydrogen) atoms. The second-order valence-corrected chi connectivity index (χ2v) is 2.41. The first-order chi connectivity index (χ1) is 6.33. The minimum atomic E-state index is -0.0599. The number of aliphatic hydroxyl groups excluding tert-OH is 1. The predicted octanol–water partition coefficient (Wildman–Crippen LogP) is -1.47. The lowest BCUT2D eigenvalue weighted by Crippen LogP contribution is -2.16. The molecule has 0 radical (unpaired) electrons.